The van der Waals surface area contributed by atoms with Gasteiger partial charge < -0.3 is 9.15 Å². The van der Waals surface area contributed by atoms with Crippen LogP contribution in [0.3, 0.4) is 0 Å². The molecular formula is C19H21N3O2S. The Balaban J connectivity index is 1.30. The first-order chi connectivity index (χ1) is 12.3. The first-order valence-electron chi connectivity index (χ1n) is 8.57. The van der Waals surface area contributed by atoms with Crippen LogP contribution >= 0.6 is 11.3 Å². The number of nitrogens with zero attached hydrogens (tertiary/aromatic N) is 3. The molecule has 1 aliphatic heterocycles. The Bertz CT molecular complexity index is 808. The molecule has 0 aromatic carbocycles. The van der Waals surface area contributed by atoms with Gasteiger partial charge in [0.15, 0.2) is 0 Å². The van der Waals surface area contributed by atoms with Crippen LogP contribution in [0.5, 0.6) is 5.88 Å². The largest absolute Gasteiger partial charge is 0.474 e. The number of rotatable bonds is 5. The summed E-state index contributed by atoms with van der Waals surface area (Å²) in [6.07, 6.45) is 5.81. The Morgan fingerprint density at radius 3 is 2.92 bits per heavy atom. The van der Waals surface area contributed by atoms with Crippen LogP contribution in [0.25, 0.3) is 10.8 Å². The molecule has 1 fully saturated rings. The third-order valence-electron chi connectivity index (χ3n) is 4.44. The molecule has 130 valence electrons. The number of piperidine rings is 1. The molecule has 0 bridgehead atoms. The monoisotopic (exact) mass is 355 g/mol. The minimum Gasteiger partial charge on any atom is -0.474 e. The molecular weight excluding hydrogens is 334 g/mol. The first kappa shape index (κ1) is 16.3. The van der Waals surface area contributed by atoms with E-state index >= 15 is 0 Å². The molecule has 0 radical (unpaired) electrons. The molecule has 3 aromatic heterocycles. The summed E-state index contributed by atoms with van der Waals surface area (Å²) < 4.78 is 11.7. The number of aryl methyl sites for hydroxylation is 1. The van der Waals surface area contributed by atoms with Crippen molar-refractivity contribution < 1.29 is 9.15 Å². The van der Waals surface area contributed by atoms with E-state index in [-0.39, 0.29) is 6.10 Å². The van der Waals surface area contributed by atoms with Gasteiger partial charge in [0.05, 0.1) is 10.6 Å². The summed E-state index contributed by atoms with van der Waals surface area (Å²) in [6, 6.07) is 8.01. The Hall–Kier alpha value is -2.18. The summed E-state index contributed by atoms with van der Waals surface area (Å²) in [4.78, 5) is 12.4. The second-order valence-electron chi connectivity index (χ2n) is 6.34. The van der Waals surface area contributed by atoms with E-state index in [0.717, 1.165) is 54.5 Å². The first-order valence-corrected chi connectivity index (χ1v) is 9.45. The fourth-order valence-electron chi connectivity index (χ4n) is 3.06. The number of aromatic nitrogens is 2. The molecule has 0 saturated carbocycles. The van der Waals surface area contributed by atoms with Crippen molar-refractivity contribution in [2.45, 2.75) is 32.4 Å². The Kier molecular flexibility index (Phi) is 4.81. The van der Waals surface area contributed by atoms with Crippen LogP contribution in [0.4, 0.5) is 0 Å². The van der Waals surface area contributed by atoms with Crippen LogP contribution in [-0.4, -0.2) is 34.1 Å². The average Bonchev–Trinajstić information content (AvgIpc) is 3.30. The highest BCUT2D eigenvalue weighted by atomic mass is 32.1. The van der Waals surface area contributed by atoms with Gasteiger partial charge in [-0.25, -0.2) is 9.97 Å². The van der Waals surface area contributed by atoms with E-state index < -0.39 is 0 Å². The average molecular weight is 355 g/mol. The van der Waals surface area contributed by atoms with E-state index in [9.17, 15) is 0 Å². The third-order valence-corrected chi connectivity index (χ3v) is 5.30. The minimum atomic E-state index is 0.240. The number of likely N-dealkylation sites (tertiary alicyclic amines) is 1. The smallest absolute Gasteiger partial charge is 0.236 e. The molecule has 0 spiro atoms. The summed E-state index contributed by atoms with van der Waals surface area (Å²) in [6.45, 7) is 4.85. The van der Waals surface area contributed by atoms with Gasteiger partial charge in [-0.1, -0.05) is 12.1 Å². The number of hydrogen-bond donors (Lipinski definition) is 0. The zero-order chi connectivity index (χ0) is 17.1. The third kappa shape index (κ3) is 3.91. The van der Waals surface area contributed by atoms with Gasteiger partial charge in [-0.2, -0.15) is 0 Å². The molecule has 0 aliphatic carbocycles. The fourth-order valence-corrected chi connectivity index (χ4v) is 3.72. The molecule has 1 aliphatic rings. The SMILES string of the molecule is Cc1cccnc1OC1CCN(Cc2coc(-c3cccs3)n2)CC1. The lowest BCUT2D eigenvalue weighted by Gasteiger charge is -2.31. The minimum absolute atomic E-state index is 0.240. The molecule has 4 heterocycles. The molecule has 0 N–H and O–H groups in total. The number of oxazole rings is 1. The van der Waals surface area contributed by atoms with Crippen molar-refractivity contribution in [1.29, 1.82) is 0 Å². The lowest BCUT2D eigenvalue weighted by Crippen LogP contribution is -2.38. The van der Waals surface area contributed by atoms with Crippen LogP contribution < -0.4 is 4.74 Å². The van der Waals surface area contributed by atoms with Crippen LogP contribution in [0.15, 0.2) is 46.5 Å². The highest BCUT2D eigenvalue weighted by Gasteiger charge is 2.22. The lowest BCUT2D eigenvalue weighted by molar-refractivity contribution is 0.0920. The van der Waals surface area contributed by atoms with Crippen molar-refractivity contribution in [3.05, 3.63) is 53.4 Å². The number of hydrogen-bond acceptors (Lipinski definition) is 6. The summed E-state index contributed by atoms with van der Waals surface area (Å²) in [5, 5.41) is 2.04. The summed E-state index contributed by atoms with van der Waals surface area (Å²) >= 11 is 1.65. The maximum absolute atomic E-state index is 6.07. The quantitative estimate of drug-likeness (QED) is 0.688. The Morgan fingerprint density at radius 1 is 1.28 bits per heavy atom. The van der Waals surface area contributed by atoms with Gasteiger partial charge in [-0.3, -0.25) is 4.90 Å². The molecule has 5 nitrogen and oxygen atoms in total. The van der Waals surface area contributed by atoms with E-state index in [1.54, 1.807) is 23.8 Å². The lowest BCUT2D eigenvalue weighted by atomic mass is 10.1. The summed E-state index contributed by atoms with van der Waals surface area (Å²) in [7, 11) is 0. The molecule has 0 atom stereocenters. The van der Waals surface area contributed by atoms with Gasteiger partial charge in [0.25, 0.3) is 0 Å². The molecule has 0 amide bonds. The molecule has 25 heavy (non-hydrogen) atoms. The van der Waals surface area contributed by atoms with Gasteiger partial charge in [-0.15, -0.1) is 11.3 Å². The predicted molar refractivity (Wildman–Crippen MR) is 97.7 cm³/mol. The van der Waals surface area contributed by atoms with Crippen molar-refractivity contribution in [3.63, 3.8) is 0 Å². The molecule has 3 aromatic rings. The normalized spacial score (nSPS) is 16.2. The maximum atomic E-state index is 6.07. The van der Waals surface area contributed by atoms with Crippen molar-refractivity contribution >= 4 is 11.3 Å². The van der Waals surface area contributed by atoms with E-state index in [4.69, 9.17) is 9.15 Å². The van der Waals surface area contributed by atoms with E-state index in [1.165, 1.54) is 0 Å². The van der Waals surface area contributed by atoms with Crippen LogP contribution in [0.2, 0.25) is 0 Å². The highest BCUT2D eigenvalue weighted by Crippen LogP contribution is 2.25. The molecule has 6 heteroatoms. The van der Waals surface area contributed by atoms with E-state index in [2.05, 4.69) is 14.9 Å². The van der Waals surface area contributed by atoms with Gasteiger partial charge in [0, 0.05) is 31.4 Å². The van der Waals surface area contributed by atoms with Crippen LogP contribution in [-0.2, 0) is 6.54 Å². The molecule has 0 unspecified atom stereocenters. The predicted octanol–water partition coefficient (Wildman–Crippen LogP) is 4.15. The standard InChI is InChI=1S/C19H21N3O2S/c1-14-4-2-8-20-18(14)24-16-6-9-22(10-7-16)12-15-13-23-19(21-15)17-5-3-11-25-17/h2-5,8,11,13,16H,6-7,9-10,12H2,1H3. The fraction of sp³-hybridized carbons (Fsp3) is 0.368. The van der Waals surface area contributed by atoms with E-state index in [1.807, 2.05) is 36.6 Å². The van der Waals surface area contributed by atoms with Gasteiger partial charge in [0.1, 0.15) is 12.4 Å². The van der Waals surface area contributed by atoms with Crippen LogP contribution in [0.1, 0.15) is 24.1 Å². The second kappa shape index (κ2) is 7.37. The highest BCUT2D eigenvalue weighted by molar-refractivity contribution is 7.13. The van der Waals surface area contributed by atoms with Crippen molar-refractivity contribution in [2.24, 2.45) is 0 Å². The summed E-state index contributed by atoms with van der Waals surface area (Å²) in [5.74, 6) is 1.48. The maximum Gasteiger partial charge on any atom is 0.236 e. The molecule has 4 rings (SSSR count). The molecule has 1 saturated heterocycles. The van der Waals surface area contributed by atoms with Crippen molar-refractivity contribution in [1.82, 2.24) is 14.9 Å². The van der Waals surface area contributed by atoms with Gasteiger partial charge in [0.2, 0.25) is 11.8 Å². The number of thiophene rings is 1. The Morgan fingerprint density at radius 2 is 2.16 bits per heavy atom. The van der Waals surface area contributed by atoms with Crippen molar-refractivity contribution in [3.8, 4) is 16.6 Å². The van der Waals surface area contributed by atoms with Crippen molar-refractivity contribution in [2.75, 3.05) is 13.1 Å². The zero-order valence-electron chi connectivity index (χ0n) is 14.2. The number of pyridine rings is 1. The van der Waals surface area contributed by atoms with Crippen LogP contribution in [0, 0.1) is 6.92 Å². The topological polar surface area (TPSA) is 51.4 Å². The van der Waals surface area contributed by atoms with E-state index in [0.29, 0.717) is 5.89 Å². The zero-order valence-corrected chi connectivity index (χ0v) is 15.0. The van der Waals surface area contributed by atoms with Gasteiger partial charge >= 0.3 is 0 Å². The summed E-state index contributed by atoms with van der Waals surface area (Å²) in [5.41, 5.74) is 2.08. The van der Waals surface area contributed by atoms with Gasteiger partial charge in [-0.05, 0) is 37.3 Å². The Labute approximate surface area is 151 Å². The number of ether oxygens (including phenoxy) is 1. The second-order valence-corrected chi connectivity index (χ2v) is 7.29.